The highest BCUT2D eigenvalue weighted by molar-refractivity contribution is 7.26. The van der Waals surface area contributed by atoms with E-state index in [0.717, 1.165) is 60.5 Å². The second-order valence-electron chi connectivity index (χ2n) is 13.7. The molecule has 0 aliphatic rings. The number of hydrogen-bond acceptors (Lipinski definition) is 7. The molecule has 0 N–H and O–H groups in total. The first-order valence-electron chi connectivity index (χ1n) is 18.4. The number of rotatable bonds is 6. The van der Waals surface area contributed by atoms with Crippen molar-refractivity contribution >= 4 is 63.1 Å². The van der Waals surface area contributed by atoms with Gasteiger partial charge in [0.2, 0.25) is 0 Å². The average molecular weight is 752 g/mol. The van der Waals surface area contributed by atoms with E-state index >= 15 is 0 Å². The molecule has 5 nitrogen and oxygen atoms in total. The molecule has 7 aromatic carbocycles. The van der Waals surface area contributed by atoms with Crippen LogP contribution in [0.3, 0.4) is 0 Å². The van der Waals surface area contributed by atoms with E-state index in [1.54, 1.807) is 11.3 Å². The Balaban J connectivity index is 0.963. The first-order valence-corrected chi connectivity index (χ1v) is 20.0. The number of nitrogens with zero attached hydrogens (tertiary/aromatic N) is 5. The average Bonchev–Trinajstić information content (AvgIpc) is 3.84. The molecule has 7 heteroatoms. The quantitative estimate of drug-likeness (QED) is 0.169. The standard InChI is InChI=1S/C49H29N5S2/c1-4-12-32(13-5-1)46-50-43(45-44(51-46)38-18-10-11-19-40(38)56-45)31-22-20-30(21-23-31)35-24-26-37-39-28-36(25-27-41(39)55-42(37)29-35)49-53-47(33-14-6-2-7-15-33)52-48(54-49)34-16-8-3-9-17-34/h1-29H. The minimum absolute atomic E-state index is 0.656. The molecule has 262 valence electrons. The maximum atomic E-state index is 5.16. The van der Waals surface area contributed by atoms with Crippen molar-refractivity contribution in [1.82, 2.24) is 24.9 Å². The smallest absolute Gasteiger partial charge is 0.164 e. The minimum atomic E-state index is 0.656. The summed E-state index contributed by atoms with van der Waals surface area (Å²) in [6, 6.07) is 61.1. The molecule has 56 heavy (non-hydrogen) atoms. The van der Waals surface area contributed by atoms with Crippen LogP contribution < -0.4 is 0 Å². The predicted molar refractivity (Wildman–Crippen MR) is 234 cm³/mol. The van der Waals surface area contributed by atoms with Crippen molar-refractivity contribution < 1.29 is 0 Å². The fourth-order valence-electron chi connectivity index (χ4n) is 7.36. The van der Waals surface area contributed by atoms with Gasteiger partial charge in [-0.05, 0) is 41.5 Å². The SMILES string of the molecule is c1ccc(-c2nc(-c3ccccc3)nc(-c3ccc4sc5cc(-c6ccc(-c7nc(-c8ccccc8)nc8c7sc7ccccc78)cc6)ccc5c4c3)n2)cc1. The van der Waals surface area contributed by atoms with Crippen molar-refractivity contribution in [3.05, 3.63) is 176 Å². The van der Waals surface area contributed by atoms with Gasteiger partial charge in [0.25, 0.3) is 0 Å². The van der Waals surface area contributed by atoms with Crippen LogP contribution >= 0.6 is 22.7 Å². The number of fused-ring (bicyclic) bond motifs is 6. The van der Waals surface area contributed by atoms with Gasteiger partial charge in [0.05, 0.1) is 15.9 Å². The van der Waals surface area contributed by atoms with Crippen LogP contribution in [0.1, 0.15) is 0 Å². The zero-order chi connectivity index (χ0) is 37.0. The van der Waals surface area contributed by atoms with Crippen LogP contribution in [0.2, 0.25) is 0 Å². The molecule has 0 aliphatic heterocycles. The maximum absolute atomic E-state index is 5.16. The first-order chi connectivity index (χ1) is 27.7. The molecule has 4 heterocycles. The second-order valence-corrected chi connectivity index (χ2v) is 15.8. The Morgan fingerprint density at radius 2 is 0.804 bits per heavy atom. The van der Waals surface area contributed by atoms with E-state index in [2.05, 4.69) is 97.1 Å². The summed E-state index contributed by atoms with van der Waals surface area (Å²) in [5, 5.41) is 3.57. The summed E-state index contributed by atoms with van der Waals surface area (Å²) in [6.07, 6.45) is 0. The predicted octanol–water partition coefficient (Wildman–Crippen LogP) is 13.4. The number of thiophene rings is 2. The lowest BCUT2D eigenvalue weighted by Gasteiger charge is -2.09. The Bertz CT molecular complexity index is 3170. The molecule has 0 amide bonds. The van der Waals surface area contributed by atoms with Gasteiger partial charge in [-0.2, -0.15) is 0 Å². The molecule has 0 saturated heterocycles. The molecular formula is C49H29N5S2. The van der Waals surface area contributed by atoms with Gasteiger partial charge >= 0.3 is 0 Å². The second kappa shape index (κ2) is 13.4. The monoisotopic (exact) mass is 751 g/mol. The molecule has 0 atom stereocenters. The fraction of sp³-hybridized carbons (Fsp3) is 0. The van der Waals surface area contributed by atoms with Gasteiger partial charge in [0.1, 0.15) is 0 Å². The summed E-state index contributed by atoms with van der Waals surface area (Å²) in [6.45, 7) is 0. The molecule has 0 spiro atoms. The van der Waals surface area contributed by atoms with Crippen LogP contribution in [0.15, 0.2) is 176 Å². The Hall–Kier alpha value is -6.93. The number of aromatic nitrogens is 5. The third-order valence-corrected chi connectivity index (χ3v) is 12.5. The molecular weight excluding hydrogens is 723 g/mol. The van der Waals surface area contributed by atoms with Gasteiger partial charge in [-0.15, -0.1) is 22.7 Å². The summed E-state index contributed by atoms with van der Waals surface area (Å²) in [7, 11) is 0. The van der Waals surface area contributed by atoms with E-state index in [9.17, 15) is 0 Å². The van der Waals surface area contributed by atoms with E-state index in [0.29, 0.717) is 17.5 Å². The van der Waals surface area contributed by atoms with Gasteiger partial charge in [-0.25, -0.2) is 24.9 Å². The van der Waals surface area contributed by atoms with E-state index in [-0.39, 0.29) is 0 Å². The van der Waals surface area contributed by atoms with Crippen molar-refractivity contribution in [2.45, 2.75) is 0 Å². The minimum Gasteiger partial charge on any atom is -0.226 e. The van der Waals surface area contributed by atoms with Crippen molar-refractivity contribution in [1.29, 1.82) is 0 Å². The van der Waals surface area contributed by atoms with Gasteiger partial charge in [0.15, 0.2) is 23.3 Å². The highest BCUT2D eigenvalue weighted by Gasteiger charge is 2.18. The van der Waals surface area contributed by atoms with Gasteiger partial charge in [0, 0.05) is 58.1 Å². The zero-order valence-corrected chi connectivity index (χ0v) is 31.4. The topological polar surface area (TPSA) is 64.5 Å². The van der Waals surface area contributed by atoms with Crippen LogP contribution in [-0.2, 0) is 0 Å². The first kappa shape index (κ1) is 32.5. The largest absolute Gasteiger partial charge is 0.226 e. The number of benzene rings is 7. The van der Waals surface area contributed by atoms with Crippen molar-refractivity contribution in [3.63, 3.8) is 0 Å². The van der Waals surface area contributed by atoms with Crippen molar-refractivity contribution in [2.75, 3.05) is 0 Å². The molecule has 0 bridgehead atoms. The molecule has 11 rings (SSSR count). The molecule has 0 saturated carbocycles. The van der Waals surface area contributed by atoms with E-state index < -0.39 is 0 Å². The van der Waals surface area contributed by atoms with Gasteiger partial charge in [-0.3, -0.25) is 0 Å². The Morgan fingerprint density at radius 1 is 0.286 bits per heavy atom. The van der Waals surface area contributed by atoms with E-state index in [4.69, 9.17) is 24.9 Å². The summed E-state index contributed by atoms with van der Waals surface area (Å²) in [5.74, 6) is 2.71. The molecule has 0 radical (unpaired) electrons. The van der Waals surface area contributed by atoms with Crippen LogP contribution in [0, 0.1) is 0 Å². The summed E-state index contributed by atoms with van der Waals surface area (Å²) in [4.78, 5) is 25.1. The van der Waals surface area contributed by atoms with Crippen LogP contribution in [0.5, 0.6) is 0 Å². The zero-order valence-electron chi connectivity index (χ0n) is 29.8. The summed E-state index contributed by atoms with van der Waals surface area (Å²) < 4.78 is 4.78. The molecule has 0 unspecified atom stereocenters. The van der Waals surface area contributed by atoms with Crippen molar-refractivity contribution in [3.8, 4) is 67.9 Å². The van der Waals surface area contributed by atoms with E-state index in [1.165, 1.54) is 30.4 Å². The molecule has 0 aliphatic carbocycles. The van der Waals surface area contributed by atoms with Crippen LogP contribution in [-0.4, -0.2) is 24.9 Å². The molecule has 4 aromatic heterocycles. The molecule has 0 fully saturated rings. The Kier molecular flexibility index (Phi) is 7.79. The van der Waals surface area contributed by atoms with Crippen LogP contribution in [0.4, 0.5) is 0 Å². The Labute approximate surface area is 330 Å². The van der Waals surface area contributed by atoms with Crippen molar-refractivity contribution in [2.24, 2.45) is 0 Å². The van der Waals surface area contributed by atoms with Gasteiger partial charge < -0.3 is 0 Å². The maximum Gasteiger partial charge on any atom is 0.164 e. The normalized spacial score (nSPS) is 11.6. The lowest BCUT2D eigenvalue weighted by molar-refractivity contribution is 1.07. The van der Waals surface area contributed by atoms with E-state index in [1.807, 2.05) is 90.2 Å². The number of hydrogen-bond donors (Lipinski definition) is 0. The highest BCUT2D eigenvalue weighted by Crippen LogP contribution is 2.41. The highest BCUT2D eigenvalue weighted by atomic mass is 32.1. The lowest BCUT2D eigenvalue weighted by atomic mass is 10.0. The third-order valence-electron chi connectivity index (χ3n) is 10.2. The van der Waals surface area contributed by atoms with Gasteiger partial charge in [-0.1, -0.05) is 146 Å². The fourth-order valence-corrected chi connectivity index (χ4v) is 9.64. The summed E-state index contributed by atoms with van der Waals surface area (Å²) in [5.41, 5.74) is 9.25. The summed E-state index contributed by atoms with van der Waals surface area (Å²) >= 11 is 3.56. The van der Waals surface area contributed by atoms with Crippen LogP contribution in [0.25, 0.3) is 108 Å². The third kappa shape index (κ3) is 5.73. The molecule has 11 aromatic rings. The Morgan fingerprint density at radius 3 is 1.46 bits per heavy atom. The lowest BCUT2D eigenvalue weighted by Crippen LogP contribution is -2.00.